The molecule has 35 heavy (non-hydrogen) atoms. The molecule has 0 aliphatic heterocycles. The summed E-state index contributed by atoms with van der Waals surface area (Å²) in [6.07, 6.45) is 2.31. The molecule has 0 bridgehead atoms. The highest BCUT2D eigenvalue weighted by atomic mass is 35.5. The summed E-state index contributed by atoms with van der Waals surface area (Å²) in [5.74, 6) is 0.334. The van der Waals surface area contributed by atoms with Crippen LogP contribution in [0, 0.1) is 5.92 Å². The first-order valence-electron chi connectivity index (χ1n) is 12.3. The number of hydrogen-bond donors (Lipinski definition) is 1. The average Bonchev–Trinajstić information content (AvgIpc) is 2.86. The SMILES string of the molecule is CC(C)CCNC(=O)C(Cc1ccccc1)N(Cc1ccc(Cl)cc1)C(=O)CCc1ccccc1. The molecule has 5 heteroatoms. The van der Waals surface area contributed by atoms with E-state index in [1.54, 1.807) is 4.90 Å². The molecule has 1 N–H and O–H groups in total. The van der Waals surface area contributed by atoms with Gasteiger partial charge in [-0.15, -0.1) is 0 Å². The summed E-state index contributed by atoms with van der Waals surface area (Å²) in [7, 11) is 0. The predicted octanol–water partition coefficient (Wildman–Crippen LogP) is 6.08. The zero-order valence-corrected chi connectivity index (χ0v) is 21.4. The van der Waals surface area contributed by atoms with Gasteiger partial charge in [-0.05, 0) is 47.6 Å². The summed E-state index contributed by atoms with van der Waals surface area (Å²) < 4.78 is 0. The predicted molar refractivity (Wildman–Crippen MR) is 143 cm³/mol. The topological polar surface area (TPSA) is 49.4 Å². The van der Waals surface area contributed by atoms with E-state index in [0.717, 1.165) is 23.1 Å². The molecule has 0 aliphatic rings. The molecule has 0 aromatic heterocycles. The van der Waals surface area contributed by atoms with Crippen LogP contribution in [0.15, 0.2) is 84.9 Å². The van der Waals surface area contributed by atoms with Gasteiger partial charge in [0.1, 0.15) is 6.04 Å². The lowest BCUT2D eigenvalue weighted by Gasteiger charge is -2.32. The van der Waals surface area contributed by atoms with Crippen LogP contribution in [-0.4, -0.2) is 29.3 Å². The van der Waals surface area contributed by atoms with E-state index in [-0.39, 0.29) is 11.8 Å². The molecule has 1 atom stereocenters. The lowest BCUT2D eigenvalue weighted by atomic mass is 10.0. The van der Waals surface area contributed by atoms with Gasteiger partial charge in [0.05, 0.1) is 0 Å². The Kier molecular flexibility index (Phi) is 10.4. The molecular formula is C30H35ClN2O2. The lowest BCUT2D eigenvalue weighted by molar-refractivity contribution is -0.141. The molecule has 3 rings (SSSR count). The van der Waals surface area contributed by atoms with Crippen molar-refractivity contribution in [3.8, 4) is 0 Å². The van der Waals surface area contributed by atoms with Crippen LogP contribution in [0.5, 0.6) is 0 Å². The van der Waals surface area contributed by atoms with Gasteiger partial charge in [0.2, 0.25) is 11.8 Å². The summed E-state index contributed by atoms with van der Waals surface area (Å²) in [6.45, 7) is 5.20. The van der Waals surface area contributed by atoms with Crippen LogP contribution in [-0.2, 0) is 29.0 Å². The number of aryl methyl sites for hydroxylation is 1. The van der Waals surface area contributed by atoms with E-state index >= 15 is 0 Å². The molecule has 0 radical (unpaired) electrons. The number of nitrogens with one attached hydrogen (secondary N) is 1. The second-order valence-electron chi connectivity index (χ2n) is 9.31. The van der Waals surface area contributed by atoms with Gasteiger partial charge in [0.25, 0.3) is 0 Å². The number of benzene rings is 3. The molecule has 3 aromatic carbocycles. The van der Waals surface area contributed by atoms with Crippen molar-refractivity contribution in [1.82, 2.24) is 10.2 Å². The first kappa shape index (κ1) is 26.5. The molecule has 3 aromatic rings. The molecule has 0 fully saturated rings. The van der Waals surface area contributed by atoms with E-state index in [2.05, 4.69) is 19.2 Å². The third-order valence-electron chi connectivity index (χ3n) is 6.03. The minimum atomic E-state index is -0.608. The van der Waals surface area contributed by atoms with Crippen LogP contribution >= 0.6 is 11.6 Å². The first-order chi connectivity index (χ1) is 16.9. The third kappa shape index (κ3) is 8.88. The molecular weight excluding hydrogens is 456 g/mol. The van der Waals surface area contributed by atoms with Crippen LogP contribution in [0.25, 0.3) is 0 Å². The van der Waals surface area contributed by atoms with Crippen molar-refractivity contribution in [3.05, 3.63) is 107 Å². The number of rotatable bonds is 12. The number of carbonyl (C=O) groups is 2. The van der Waals surface area contributed by atoms with E-state index in [9.17, 15) is 9.59 Å². The maximum absolute atomic E-state index is 13.6. The maximum atomic E-state index is 13.6. The molecule has 2 amide bonds. The van der Waals surface area contributed by atoms with E-state index in [0.29, 0.717) is 43.3 Å². The van der Waals surface area contributed by atoms with Gasteiger partial charge in [-0.1, -0.05) is 98.2 Å². The monoisotopic (exact) mass is 490 g/mol. The van der Waals surface area contributed by atoms with Gasteiger partial charge in [-0.3, -0.25) is 9.59 Å². The first-order valence-corrected chi connectivity index (χ1v) is 12.7. The van der Waals surface area contributed by atoms with Gasteiger partial charge in [0.15, 0.2) is 0 Å². The molecule has 0 spiro atoms. The molecule has 184 valence electrons. The highest BCUT2D eigenvalue weighted by molar-refractivity contribution is 6.30. The van der Waals surface area contributed by atoms with E-state index in [1.165, 1.54) is 0 Å². The summed E-state index contributed by atoms with van der Waals surface area (Å²) in [6, 6.07) is 26.7. The Balaban J connectivity index is 1.86. The highest BCUT2D eigenvalue weighted by Gasteiger charge is 2.30. The van der Waals surface area contributed by atoms with Gasteiger partial charge in [0, 0.05) is 31.0 Å². The van der Waals surface area contributed by atoms with Crippen LogP contribution in [0.1, 0.15) is 43.4 Å². The Labute approximate surface area is 214 Å². The second kappa shape index (κ2) is 13.7. The van der Waals surface area contributed by atoms with E-state index < -0.39 is 6.04 Å². The van der Waals surface area contributed by atoms with Crippen LogP contribution in [0.4, 0.5) is 0 Å². The quantitative estimate of drug-likeness (QED) is 0.334. The molecule has 4 nitrogen and oxygen atoms in total. The normalized spacial score (nSPS) is 11.8. The summed E-state index contributed by atoms with van der Waals surface area (Å²) in [5, 5.41) is 3.73. The Bertz CT molecular complexity index is 1050. The number of halogens is 1. The lowest BCUT2D eigenvalue weighted by Crippen LogP contribution is -2.50. The zero-order chi connectivity index (χ0) is 25.0. The number of nitrogens with zero attached hydrogens (tertiary/aromatic N) is 1. The van der Waals surface area contributed by atoms with Crippen LogP contribution in [0.3, 0.4) is 0 Å². The number of hydrogen-bond acceptors (Lipinski definition) is 2. The van der Waals surface area contributed by atoms with Crippen LogP contribution < -0.4 is 5.32 Å². The average molecular weight is 491 g/mol. The number of amides is 2. The minimum Gasteiger partial charge on any atom is -0.354 e. The van der Waals surface area contributed by atoms with Gasteiger partial charge in [-0.25, -0.2) is 0 Å². The summed E-state index contributed by atoms with van der Waals surface area (Å²) >= 11 is 6.09. The van der Waals surface area contributed by atoms with Gasteiger partial charge >= 0.3 is 0 Å². The fourth-order valence-electron chi connectivity index (χ4n) is 3.98. The minimum absolute atomic E-state index is 0.0382. The largest absolute Gasteiger partial charge is 0.354 e. The Morgan fingerprint density at radius 3 is 2.03 bits per heavy atom. The molecule has 0 aliphatic carbocycles. The summed E-state index contributed by atoms with van der Waals surface area (Å²) in [5.41, 5.74) is 3.07. The molecule has 0 saturated heterocycles. The van der Waals surface area contributed by atoms with Gasteiger partial charge < -0.3 is 10.2 Å². The second-order valence-corrected chi connectivity index (χ2v) is 9.75. The fourth-order valence-corrected chi connectivity index (χ4v) is 4.11. The van der Waals surface area contributed by atoms with Crippen molar-refractivity contribution >= 4 is 23.4 Å². The fraction of sp³-hybridized carbons (Fsp3) is 0.333. The van der Waals surface area contributed by atoms with Crippen molar-refractivity contribution in [1.29, 1.82) is 0 Å². The highest BCUT2D eigenvalue weighted by Crippen LogP contribution is 2.18. The smallest absolute Gasteiger partial charge is 0.243 e. The Morgan fingerprint density at radius 1 is 0.829 bits per heavy atom. The van der Waals surface area contributed by atoms with Gasteiger partial charge in [-0.2, -0.15) is 0 Å². The zero-order valence-electron chi connectivity index (χ0n) is 20.6. The Hall–Kier alpha value is -3.11. The van der Waals surface area contributed by atoms with E-state index in [4.69, 9.17) is 11.6 Å². The molecule has 0 saturated carbocycles. The maximum Gasteiger partial charge on any atom is 0.243 e. The van der Waals surface area contributed by atoms with E-state index in [1.807, 2.05) is 84.9 Å². The van der Waals surface area contributed by atoms with Crippen molar-refractivity contribution < 1.29 is 9.59 Å². The standard InChI is InChI=1S/C30H35ClN2O2/c1-23(2)19-20-32-30(35)28(21-25-11-7-4-8-12-25)33(22-26-13-16-27(31)17-14-26)29(34)18-15-24-9-5-3-6-10-24/h3-14,16-17,23,28H,15,18-22H2,1-2H3,(H,32,35). The molecule has 0 heterocycles. The van der Waals surface area contributed by atoms with Crippen molar-refractivity contribution in [2.75, 3.05) is 6.54 Å². The number of carbonyl (C=O) groups excluding carboxylic acids is 2. The Morgan fingerprint density at radius 2 is 1.43 bits per heavy atom. The van der Waals surface area contributed by atoms with Crippen molar-refractivity contribution in [2.45, 2.75) is 52.1 Å². The summed E-state index contributed by atoms with van der Waals surface area (Å²) in [4.78, 5) is 28.8. The van der Waals surface area contributed by atoms with Crippen molar-refractivity contribution in [2.24, 2.45) is 5.92 Å². The third-order valence-corrected chi connectivity index (χ3v) is 6.28. The van der Waals surface area contributed by atoms with Crippen LogP contribution in [0.2, 0.25) is 5.02 Å². The molecule has 1 unspecified atom stereocenters. The van der Waals surface area contributed by atoms with Crippen molar-refractivity contribution in [3.63, 3.8) is 0 Å².